The monoisotopic (exact) mass is 285 g/mol. The molecule has 1 rings (SSSR count). The van der Waals surface area contributed by atoms with Crippen molar-refractivity contribution in [3.8, 4) is 0 Å². The van der Waals surface area contributed by atoms with Gasteiger partial charge in [0.15, 0.2) is 0 Å². The van der Waals surface area contributed by atoms with Crippen LogP contribution >= 0.6 is 0 Å². The van der Waals surface area contributed by atoms with Crippen LogP contribution in [0.4, 0.5) is 0 Å². The van der Waals surface area contributed by atoms with Crippen LogP contribution < -0.4 is 5.32 Å². The molecule has 0 aliphatic carbocycles. The number of ether oxygens (including phenoxy) is 1. The minimum Gasteiger partial charge on any atom is -0.466 e. The van der Waals surface area contributed by atoms with Crippen LogP contribution in [0.25, 0.3) is 0 Å². The molecule has 0 spiro atoms. The second kappa shape index (κ2) is 8.52. The molecule has 0 unspecified atom stereocenters. The fourth-order valence-electron chi connectivity index (χ4n) is 2.00. The molecular weight excluding hydrogens is 262 g/mol. The highest BCUT2D eigenvalue weighted by molar-refractivity contribution is 5.79. The van der Waals surface area contributed by atoms with Crippen molar-refractivity contribution in [2.75, 3.05) is 45.9 Å². The summed E-state index contributed by atoms with van der Waals surface area (Å²) in [6.45, 7) is 6.61. The average Bonchev–Trinajstić information content (AvgIpc) is 2.43. The molecule has 0 aromatic rings. The van der Waals surface area contributed by atoms with E-state index in [0.717, 1.165) is 0 Å². The standard InChI is InChI=1S/C13H23N3O4/c1-3-20-13(19)4-5-14-10-12(18)16-8-6-15(7-9-16)11(2)17/h14H,3-10H2,1-2H3. The highest BCUT2D eigenvalue weighted by Gasteiger charge is 2.21. The van der Waals surface area contributed by atoms with Crippen LogP contribution in [0, 0.1) is 0 Å². The van der Waals surface area contributed by atoms with Gasteiger partial charge in [-0.2, -0.15) is 0 Å². The summed E-state index contributed by atoms with van der Waals surface area (Å²) < 4.78 is 4.79. The summed E-state index contributed by atoms with van der Waals surface area (Å²) in [6, 6.07) is 0. The van der Waals surface area contributed by atoms with Gasteiger partial charge in [0.1, 0.15) is 0 Å². The number of hydrogen-bond donors (Lipinski definition) is 1. The van der Waals surface area contributed by atoms with Crippen molar-refractivity contribution >= 4 is 17.8 Å². The Morgan fingerprint density at radius 2 is 1.70 bits per heavy atom. The van der Waals surface area contributed by atoms with Crippen molar-refractivity contribution in [2.45, 2.75) is 20.3 Å². The molecule has 7 nitrogen and oxygen atoms in total. The van der Waals surface area contributed by atoms with Gasteiger partial charge < -0.3 is 19.9 Å². The Kier molecular flexibility index (Phi) is 7.00. The van der Waals surface area contributed by atoms with E-state index in [1.807, 2.05) is 0 Å². The van der Waals surface area contributed by atoms with Gasteiger partial charge in [-0.1, -0.05) is 0 Å². The Hall–Kier alpha value is -1.63. The number of carbonyl (C=O) groups excluding carboxylic acids is 3. The predicted octanol–water partition coefficient (Wildman–Crippen LogP) is -0.780. The Balaban J connectivity index is 2.15. The quantitative estimate of drug-likeness (QED) is 0.511. The molecule has 1 aliphatic heterocycles. The van der Waals surface area contributed by atoms with Crippen molar-refractivity contribution in [2.24, 2.45) is 0 Å². The van der Waals surface area contributed by atoms with Crippen LogP contribution in [0.5, 0.6) is 0 Å². The number of rotatable bonds is 6. The zero-order valence-electron chi connectivity index (χ0n) is 12.2. The van der Waals surface area contributed by atoms with E-state index in [1.54, 1.807) is 16.7 Å². The van der Waals surface area contributed by atoms with Crippen LogP contribution in [0.2, 0.25) is 0 Å². The van der Waals surface area contributed by atoms with Crippen molar-refractivity contribution < 1.29 is 19.1 Å². The van der Waals surface area contributed by atoms with Gasteiger partial charge in [-0.3, -0.25) is 14.4 Å². The van der Waals surface area contributed by atoms with Gasteiger partial charge in [0.25, 0.3) is 0 Å². The molecule has 0 bridgehead atoms. The van der Waals surface area contributed by atoms with Gasteiger partial charge >= 0.3 is 5.97 Å². The summed E-state index contributed by atoms with van der Waals surface area (Å²) in [4.78, 5) is 37.6. The minimum atomic E-state index is -0.262. The molecule has 1 N–H and O–H groups in total. The van der Waals surface area contributed by atoms with Gasteiger partial charge in [-0.05, 0) is 6.92 Å². The highest BCUT2D eigenvalue weighted by Crippen LogP contribution is 2.02. The second-order valence-corrected chi connectivity index (χ2v) is 4.62. The molecule has 0 saturated carbocycles. The van der Waals surface area contributed by atoms with E-state index in [9.17, 15) is 14.4 Å². The third-order valence-electron chi connectivity index (χ3n) is 3.17. The molecule has 114 valence electrons. The SMILES string of the molecule is CCOC(=O)CCNCC(=O)N1CCN(C(C)=O)CC1. The van der Waals surface area contributed by atoms with Crippen LogP contribution in [-0.4, -0.2) is 73.5 Å². The maximum Gasteiger partial charge on any atom is 0.307 e. The Morgan fingerprint density at radius 1 is 1.10 bits per heavy atom. The van der Waals surface area contributed by atoms with Crippen molar-refractivity contribution in [1.29, 1.82) is 0 Å². The Labute approximate surface area is 119 Å². The number of nitrogens with zero attached hydrogens (tertiary/aromatic N) is 2. The number of carbonyl (C=O) groups is 3. The summed E-state index contributed by atoms with van der Waals surface area (Å²) in [5.74, 6) is -0.218. The Bertz CT molecular complexity index is 352. The first-order valence-electron chi connectivity index (χ1n) is 6.94. The second-order valence-electron chi connectivity index (χ2n) is 4.62. The van der Waals surface area contributed by atoms with E-state index in [2.05, 4.69) is 5.32 Å². The van der Waals surface area contributed by atoms with Gasteiger partial charge in [0, 0.05) is 39.6 Å². The van der Waals surface area contributed by atoms with Crippen LogP contribution in [0.3, 0.4) is 0 Å². The maximum absolute atomic E-state index is 11.9. The molecule has 0 aromatic carbocycles. The predicted molar refractivity (Wildman–Crippen MR) is 73.0 cm³/mol. The van der Waals surface area contributed by atoms with E-state index < -0.39 is 0 Å². The summed E-state index contributed by atoms with van der Waals surface area (Å²) in [5, 5.41) is 2.93. The topological polar surface area (TPSA) is 79.0 Å². The summed E-state index contributed by atoms with van der Waals surface area (Å²) in [6.07, 6.45) is 0.263. The first-order valence-corrected chi connectivity index (χ1v) is 6.94. The first kappa shape index (κ1) is 16.4. The number of piperazine rings is 1. The lowest BCUT2D eigenvalue weighted by atomic mass is 10.3. The summed E-state index contributed by atoms with van der Waals surface area (Å²) >= 11 is 0. The number of hydrogen-bond acceptors (Lipinski definition) is 5. The van der Waals surface area contributed by atoms with E-state index in [4.69, 9.17) is 4.74 Å². The van der Waals surface area contributed by atoms with Crippen molar-refractivity contribution in [1.82, 2.24) is 15.1 Å². The normalized spacial score (nSPS) is 15.1. The van der Waals surface area contributed by atoms with Crippen LogP contribution in [0.1, 0.15) is 20.3 Å². The highest BCUT2D eigenvalue weighted by atomic mass is 16.5. The molecular formula is C13H23N3O4. The van der Waals surface area contributed by atoms with Gasteiger partial charge in [-0.25, -0.2) is 0 Å². The van der Waals surface area contributed by atoms with Crippen molar-refractivity contribution in [3.05, 3.63) is 0 Å². The third kappa shape index (κ3) is 5.56. The lowest BCUT2D eigenvalue weighted by Gasteiger charge is -2.34. The van der Waals surface area contributed by atoms with E-state index in [0.29, 0.717) is 39.3 Å². The van der Waals surface area contributed by atoms with E-state index in [-0.39, 0.29) is 30.7 Å². The molecule has 20 heavy (non-hydrogen) atoms. The minimum absolute atomic E-state index is 0.00272. The van der Waals surface area contributed by atoms with E-state index >= 15 is 0 Å². The molecule has 7 heteroatoms. The zero-order chi connectivity index (χ0) is 15.0. The molecule has 1 fully saturated rings. The number of amides is 2. The largest absolute Gasteiger partial charge is 0.466 e. The molecule has 2 amide bonds. The fourth-order valence-corrected chi connectivity index (χ4v) is 2.00. The van der Waals surface area contributed by atoms with Gasteiger partial charge in [-0.15, -0.1) is 0 Å². The van der Waals surface area contributed by atoms with Crippen LogP contribution in [-0.2, 0) is 19.1 Å². The number of esters is 1. The molecule has 1 heterocycles. The summed E-state index contributed by atoms with van der Waals surface area (Å²) in [7, 11) is 0. The molecule has 0 radical (unpaired) electrons. The lowest BCUT2D eigenvalue weighted by Crippen LogP contribution is -2.51. The zero-order valence-corrected chi connectivity index (χ0v) is 12.2. The summed E-state index contributed by atoms with van der Waals surface area (Å²) in [5.41, 5.74) is 0. The Morgan fingerprint density at radius 3 is 2.25 bits per heavy atom. The molecule has 0 atom stereocenters. The van der Waals surface area contributed by atoms with Gasteiger partial charge in [0.2, 0.25) is 11.8 Å². The average molecular weight is 285 g/mol. The van der Waals surface area contributed by atoms with Gasteiger partial charge in [0.05, 0.1) is 19.6 Å². The fraction of sp³-hybridized carbons (Fsp3) is 0.769. The molecule has 1 aliphatic rings. The number of nitrogens with one attached hydrogen (secondary N) is 1. The smallest absolute Gasteiger partial charge is 0.307 e. The third-order valence-corrected chi connectivity index (χ3v) is 3.17. The molecule has 1 saturated heterocycles. The van der Waals surface area contributed by atoms with E-state index in [1.165, 1.54) is 6.92 Å². The lowest BCUT2D eigenvalue weighted by molar-refractivity contribution is -0.143. The first-order chi connectivity index (χ1) is 9.54. The van der Waals surface area contributed by atoms with Crippen LogP contribution in [0.15, 0.2) is 0 Å². The molecule has 0 aromatic heterocycles. The van der Waals surface area contributed by atoms with Crippen molar-refractivity contribution in [3.63, 3.8) is 0 Å². The maximum atomic E-state index is 11.9.